The van der Waals surface area contributed by atoms with Gasteiger partial charge in [-0.05, 0) is 43.5 Å². The molecule has 0 atom stereocenters. The van der Waals surface area contributed by atoms with Crippen molar-refractivity contribution >= 4 is 17.5 Å². The predicted molar refractivity (Wildman–Crippen MR) is 96.4 cm³/mol. The monoisotopic (exact) mass is 343 g/mol. The SMILES string of the molecule is CCN(Cc1cc(Cl)ccc1OC)C(=O)C1(c2ccccc2)CC1. The largest absolute Gasteiger partial charge is 0.496 e. The number of hydrogen-bond donors (Lipinski definition) is 0. The Labute approximate surface area is 148 Å². The number of hydrogen-bond acceptors (Lipinski definition) is 2. The number of rotatable bonds is 6. The molecule has 3 rings (SSSR count). The molecule has 0 spiro atoms. The number of nitrogens with zero attached hydrogens (tertiary/aromatic N) is 1. The van der Waals surface area contributed by atoms with Crippen LogP contribution in [0.1, 0.15) is 30.9 Å². The van der Waals surface area contributed by atoms with E-state index in [4.69, 9.17) is 16.3 Å². The second kappa shape index (κ2) is 6.86. The van der Waals surface area contributed by atoms with Crippen LogP contribution in [0.5, 0.6) is 5.75 Å². The van der Waals surface area contributed by atoms with E-state index in [-0.39, 0.29) is 11.3 Å². The van der Waals surface area contributed by atoms with Crippen LogP contribution < -0.4 is 4.74 Å². The molecule has 0 unspecified atom stereocenters. The lowest BCUT2D eigenvalue weighted by molar-refractivity contribution is -0.134. The van der Waals surface area contributed by atoms with Crippen molar-refractivity contribution in [2.24, 2.45) is 0 Å². The van der Waals surface area contributed by atoms with E-state index in [9.17, 15) is 4.79 Å². The van der Waals surface area contributed by atoms with Gasteiger partial charge in [-0.25, -0.2) is 0 Å². The summed E-state index contributed by atoms with van der Waals surface area (Å²) in [5.74, 6) is 0.952. The standard InChI is InChI=1S/C20H22ClNO2/c1-3-22(14-15-13-17(21)9-10-18(15)24-2)19(23)20(11-12-20)16-7-5-4-6-8-16/h4-10,13H,3,11-12,14H2,1-2H3. The highest BCUT2D eigenvalue weighted by molar-refractivity contribution is 6.30. The second-order valence-electron chi connectivity index (χ2n) is 6.22. The van der Waals surface area contributed by atoms with Gasteiger partial charge in [-0.2, -0.15) is 0 Å². The first-order valence-electron chi connectivity index (χ1n) is 8.28. The van der Waals surface area contributed by atoms with Crippen molar-refractivity contribution < 1.29 is 9.53 Å². The molecule has 1 aliphatic rings. The first-order valence-corrected chi connectivity index (χ1v) is 8.66. The van der Waals surface area contributed by atoms with Crippen LogP contribution in [0.15, 0.2) is 48.5 Å². The molecule has 0 N–H and O–H groups in total. The van der Waals surface area contributed by atoms with Crippen molar-refractivity contribution in [1.82, 2.24) is 4.90 Å². The third-order valence-electron chi connectivity index (χ3n) is 4.76. The highest BCUT2D eigenvalue weighted by atomic mass is 35.5. The number of benzene rings is 2. The summed E-state index contributed by atoms with van der Waals surface area (Å²) in [7, 11) is 1.64. The molecular formula is C20H22ClNO2. The average Bonchev–Trinajstić information content (AvgIpc) is 3.42. The van der Waals surface area contributed by atoms with E-state index in [1.807, 2.05) is 42.2 Å². The summed E-state index contributed by atoms with van der Waals surface area (Å²) in [4.78, 5) is 15.1. The topological polar surface area (TPSA) is 29.5 Å². The zero-order chi connectivity index (χ0) is 17.2. The van der Waals surface area contributed by atoms with Gasteiger partial charge >= 0.3 is 0 Å². The number of likely N-dealkylation sites (N-methyl/N-ethyl adjacent to an activating group) is 1. The normalized spacial score (nSPS) is 15.0. The molecule has 0 aromatic heterocycles. The first kappa shape index (κ1) is 16.8. The van der Waals surface area contributed by atoms with E-state index in [2.05, 4.69) is 12.1 Å². The fourth-order valence-corrected chi connectivity index (χ4v) is 3.41. The summed E-state index contributed by atoms with van der Waals surface area (Å²) in [5, 5.41) is 0.651. The quantitative estimate of drug-likeness (QED) is 0.776. The summed E-state index contributed by atoms with van der Waals surface area (Å²) in [6, 6.07) is 15.6. The molecule has 1 fully saturated rings. The van der Waals surface area contributed by atoms with Crippen LogP contribution in [0.2, 0.25) is 5.02 Å². The van der Waals surface area contributed by atoms with Gasteiger partial charge in [0.15, 0.2) is 0 Å². The van der Waals surface area contributed by atoms with Gasteiger partial charge in [0.25, 0.3) is 0 Å². The third-order valence-corrected chi connectivity index (χ3v) is 4.99. The minimum absolute atomic E-state index is 0.193. The highest BCUT2D eigenvalue weighted by Gasteiger charge is 2.52. The lowest BCUT2D eigenvalue weighted by Gasteiger charge is -2.27. The summed E-state index contributed by atoms with van der Waals surface area (Å²) < 4.78 is 5.41. The maximum atomic E-state index is 13.2. The van der Waals surface area contributed by atoms with Gasteiger partial charge in [0.1, 0.15) is 5.75 Å². The van der Waals surface area contributed by atoms with E-state index < -0.39 is 0 Å². The molecule has 0 saturated heterocycles. The van der Waals surface area contributed by atoms with Crippen molar-refractivity contribution in [3.05, 3.63) is 64.7 Å². The molecule has 24 heavy (non-hydrogen) atoms. The molecule has 1 aliphatic carbocycles. The maximum Gasteiger partial charge on any atom is 0.233 e. The molecule has 3 nitrogen and oxygen atoms in total. The summed E-state index contributed by atoms with van der Waals surface area (Å²) in [6.07, 6.45) is 1.83. The molecule has 0 radical (unpaired) electrons. The van der Waals surface area contributed by atoms with Gasteiger partial charge in [0.2, 0.25) is 5.91 Å². The lowest BCUT2D eigenvalue weighted by Crippen LogP contribution is -2.38. The van der Waals surface area contributed by atoms with Crippen LogP contribution in [-0.4, -0.2) is 24.5 Å². The Kier molecular flexibility index (Phi) is 4.81. The molecule has 1 amide bonds. The zero-order valence-corrected chi connectivity index (χ0v) is 14.8. The van der Waals surface area contributed by atoms with Crippen LogP contribution in [0.4, 0.5) is 0 Å². The van der Waals surface area contributed by atoms with Crippen LogP contribution in [-0.2, 0) is 16.8 Å². The molecule has 4 heteroatoms. The maximum absolute atomic E-state index is 13.2. The van der Waals surface area contributed by atoms with Gasteiger partial charge in [-0.15, -0.1) is 0 Å². The van der Waals surface area contributed by atoms with Gasteiger partial charge in [0.05, 0.1) is 12.5 Å². The Morgan fingerprint density at radius 2 is 1.92 bits per heavy atom. The smallest absolute Gasteiger partial charge is 0.233 e. The van der Waals surface area contributed by atoms with Crippen molar-refractivity contribution in [3.63, 3.8) is 0 Å². The summed E-state index contributed by atoms with van der Waals surface area (Å²) in [6.45, 7) is 3.17. The molecular weight excluding hydrogens is 322 g/mol. The van der Waals surface area contributed by atoms with Crippen molar-refractivity contribution in [3.8, 4) is 5.75 Å². The second-order valence-corrected chi connectivity index (χ2v) is 6.66. The Bertz CT molecular complexity index is 726. The molecule has 2 aromatic rings. The molecule has 0 aliphatic heterocycles. The number of carbonyl (C=O) groups is 1. The molecule has 0 bridgehead atoms. The van der Waals surface area contributed by atoms with Crippen LogP contribution in [0.3, 0.4) is 0 Å². The van der Waals surface area contributed by atoms with E-state index in [0.29, 0.717) is 18.1 Å². The number of carbonyl (C=O) groups excluding carboxylic acids is 1. The van der Waals surface area contributed by atoms with Crippen LogP contribution in [0.25, 0.3) is 0 Å². The lowest BCUT2D eigenvalue weighted by atomic mass is 9.94. The minimum Gasteiger partial charge on any atom is -0.496 e. The number of halogens is 1. The van der Waals surface area contributed by atoms with Gasteiger partial charge < -0.3 is 9.64 Å². The highest BCUT2D eigenvalue weighted by Crippen LogP contribution is 2.49. The predicted octanol–water partition coefficient (Wildman–Crippen LogP) is 4.43. The Balaban J connectivity index is 1.85. The van der Waals surface area contributed by atoms with E-state index in [1.165, 1.54) is 0 Å². The number of methoxy groups -OCH3 is 1. The van der Waals surface area contributed by atoms with Crippen LogP contribution in [0, 0.1) is 0 Å². The Hall–Kier alpha value is -2.00. The van der Waals surface area contributed by atoms with Crippen molar-refractivity contribution in [2.45, 2.75) is 31.7 Å². The Morgan fingerprint density at radius 1 is 1.21 bits per heavy atom. The third kappa shape index (κ3) is 3.13. The van der Waals surface area contributed by atoms with Crippen molar-refractivity contribution in [1.29, 1.82) is 0 Å². The molecule has 0 heterocycles. The molecule has 2 aromatic carbocycles. The van der Waals surface area contributed by atoms with Gasteiger partial charge in [-0.3, -0.25) is 4.79 Å². The van der Waals surface area contributed by atoms with Crippen LogP contribution >= 0.6 is 11.6 Å². The zero-order valence-electron chi connectivity index (χ0n) is 14.1. The molecule has 1 saturated carbocycles. The number of ether oxygens (including phenoxy) is 1. The first-order chi connectivity index (χ1) is 11.6. The average molecular weight is 344 g/mol. The molecule has 126 valence electrons. The number of amides is 1. The van der Waals surface area contributed by atoms with Gasteiger partial charge in [0, 0.05) is 23.7 Å². The Morgan fingerprint density at radius 3 is 2.50 bits per heavy atom. The van der Waals surface area contributed by atoms with Crippen molar-refractivity contribution in [2.75, 3.05) is 13.7 Å². The van der Waals surface area contributed by atoms with E-state index in [0.717, 1.165) is 29.7 Å². The fraction of sp³-hybridized carbons (Fsp3) is 0.350. The summed E-state index contributed by atoms with van der Waals surface area (Å²) >= 11 is 6.12. The van der Waals surface area contributed by atoms with Gasteiger partial charge in [-0.1, -0.05) is 41.9 Å². The van der Waals surface area contributed by atoms with E-state index in [1.54, 1.807) is 13.2 Å². The minimum atomic E-state index is -0.344. The fourth-order valence-electron chi connectivity index (χ4n) is 3.21. The van der Waals surface area contributed by atoms with E-state index >= 15 is 0 Å². The summed E-state index contributed by atoms with van der Waals surface area (Å²) in [5.41, 5.74) is 1.71.